The Morgan fingerprint density at radius 3 is 2.74 bits per heavy atom. The lowest BCUT2D eigenvalue weighted by Gasteiger charge is -2.08. The third-order valence-corrected chi connectivity index (χ3v) is 3.40. The highest BCUT2D eigenvalue weighted by atomic mass is 127. The first-order valence-electron chi connectivity index (χ1n) is 5.50. The Labute approximate surface area is 123 Å². The van der Waals surface area contributed by atoms with Gasteiger partial charge in [-0.1, -0.05) is 6.07 Å². The minimum atomic E-state index is -0.330. The highest BCUT2D eigenvalue weighted by Crippen LogP contribution is 2.20. The van der Waals surface area contributed by atoms with E-state index < -0.39 is 0 Å². The zero-order valence-corrected chi connectivity index (χ0v) is 12.3. The van der Waals surface area contributed by atoms with Gasteiger partial charge >= 0.3 is 0 Å². The lowest BCUT2D eigenvalue weighted by molar-refractivity contribution is 0.102. The summed E-state index contributed by atoms with van der Waals surface area (Å²) in [6.45, 7) is 0. The van der Waals surface area contributed by atoms with Crippen molar-refractivity contribution in [2.45, 2.75) is 0 Å². The molecule has 5 heteroatoms. The zero-order valence-electron chi connectivity index (χ0n) is 10.1. The van der Waals surface area contributed by atoms with Crippen LogP contribution in [-0.2, 0) is 0 Å². The van der Waals surface area contributed by atoms with Gasteiger partial charge in [0.05, 0.1) is 12.8 Å². The van der Waals surface area contributed by atoms with E-state index in [4.69, 9.17) is 4.74 Å². The fourth-order valence-corrected chi connectivity index (χ4v) is 2.16. The molecule has 0 fully saturated rings. The molecule has 2 aromatic carbocycles. The van der Waals surface area contributed by atoms with E-state index in [0.29, 0.717) is 20.6 Å². The van der Waals surface area contributed by atoms with Crippen LogP contribution in [-0.4, -0.2) is 13.0 Å². The van der Waals surface area contributed by atoms with Gasteiger partial charge in [-0.15, -0.1) is 0 Å². The molecule has 1 N–H and O–H groups in total. The monoisotopic (exact) mass is 371 g/mol. The lowest BCUT2D eigenvalue weighted by atomic mass is 10.2. The average Bonchev–Trinajstić information content (AvgIpc) is 2.42. The summed E-state index contributed by atoms with van der Waals surface area (Å²) in [6.07, 6.45) is 0. The first kappa shape index (κ1) is 13.8. The molecule has 0 aliphatic rings. The van der Waals surface area contributed by atoms with Crippen LogP contribution in [0.15, 0.2) is 42.5 Å². The maximum absolute atomic E-state index is 13.0. The molecule has 0 aliphatic carbocycles. The number of halogens is 2. The van der Waals surface area contributed by atoms with E-state index in [1.165, 1.54) is 18.2 Å². The van der Waals surface area contributed by atoms with Gasteiger partial charge in [0.2, 0.25) is 0 Å². The van der Waals surface area contributed by atoms with Crippen LogP contribution >= 0.6 is 22.6 Å². The number of methoxy groups -OCH3 is 1. The van der Waals surface area contributed by atoms with E-state index in [1.807, 2.05) is 22.6 Å². The Morgan fingerprint density at radius 2 is 2.05 bits per heavy atom. The Hall–Kier alpha value is -1.63. The Kier molecular flexibility index (Phi) is 4.36. The van der Waals surface area contributed by atoms with E-state index in [0.717, 1.165) is 0 Å². The van der Waals surface area contributed by atoms with Crippen LogP contribution < -0.4 is 10.1 Å². The number of hydrogen-bond acceptors (Lipinski definition) is 2. The molecule has 0 saturated heterocycles. The predicted molar refractivity (Wildman–Crippen MR) is 80.1 cm³/mol. The molecule has 0 atom stereocenters. The summed E-state index contributed by atoms with van der Waals surface area (Å²) < 4.78 is 18.7. The summed E-state index contributed by atoms with van der Waals surface area (Å²) in [6, 6.07) is 11.0. The van der Waals surface area contributed by atoms with Gasteiger partial charge in [-0.25, -0.2) is 4.39 Å². The number of anilines is 1. The molecule has 0 heterocycles. The quantitative estimate of drug-likeness (QED) is 0.836. The highest BCUT2D eigenvalue weighted by molar-refractivity contribution is 14.1. The predicted octanol–water partition coefficient (Wildman–Crippen LogP) is 3.69. The minimum absolute atomic E-state index is 0.261. The summed E-state index contributed by atoms with van der Waals surface area (Å²) in [5.41, 5.74) is 1.06. The fraction of sp³-hybridized carbons (Fsp3) is 0.0714. The van der Waals surface area contributed by atoms with Crippen LogP contribution in [0.2, 0.25) is 0 Å². The zero-order chi connectivity index (χ0) is 13.8. The van der Waals surface area contributed by atoms with E-state index in [2.05, 4.69) is 5.32 Å². The van der Waals surface area contributed by atoms with Gasteiger partial charge in [-0.05, 0) is 59.0 Å². The SMILES string of the molecule is COc1cccc(C(=O)Nc2ccc(F)cc2I)c1. The molecular weight excluding hydrogens is 360 g/mol. The van der Waals surface area contributed by atoms with Crippen LogP contribution in [0.25, 0.3) is 0 Å². The first-order valence-corrected chi connectivity index (χ1v) is 6.58. The van der Waals surface area contributed by atoms with E-state index in [1.54, 1.807) is 31.4 Å². The lowest BCUT2D eigenvalue weighted by Crippen LogP contribution is -2.12. The summed E-state index contributed by atoms with van der Waals surface area (Å²) in [7, 11) is 1.54. The number of carbonyl (C=O) groups is 1. The van der Waals surface area contributed by atoms with Crippen molar-refractivity contribution in [2.24, 2.45) is 0 Å². The van der Waals surface area contributed by atoms with Crippen LogP contribution in [0.4, 0.5) is 10.1 Å². The number of carbonyl (C=O) groups excluding carboxylic acids is 1. The van der Waals surface area contributed by atoms with Gasteiger partial charge < -0.3 is 10.1 Å². The molecule has 98 valence electrons. The number of hydrogen-bond donors (Lipinski definition) is 1. The molecule has 0 spiro atoms. The maximum atomic E-state index is 13.0. The summed E-state index contributed by atoms with van der Waals surface area (Å²) >= 11 is 1.97. The van der Waals surface area contributed by atoms with Crippen molar-refractivity contribution in [3.8, 4) is 5.75 Å². The van der Waals surface area contributed by atoms with Gasteiger partial charge in [0.25, 0.3) is 5.91 Å². The second-order valence-corrected chi connectivity index (χ2v) is 4.97. The molecule has 0 radical (unpaired) electrons. The molecule has 19 heavy (non-hydrogen) atoms. The van der Waals surface area contributed by atoms with Crippen LogP contribution in [0, 0.1) is 9.39 Å². The van der Waals surface area contributed by atoms with Crippen LogP contribution in [0.1, 0.15) is 10.4 Å². The third kappa shape index (κ3) is 3.44. The Balaban J connectivity index is 2.20. The van der Waals surface area contributed by atoms with Gasteiger partial charge in [0.1, 0.15) is 11.6 Å². The van der Waals surface area contributed by atoms with Gasteiger partial charge in [-0.3, -0.25) is 4.79 Å². The topological polar surface area (TPSA) is 38.3 Å². The summed E-state index contributed by atoms with van der Waals surface area (Å²) in [5, 5.41) is 2.74. The van der Waals surface area contributed by atoms with E-state index >= 15 is 0 Å². The molecule has 0 aromatic heterocycles. The smallest absolute Gasteiger partial charge is 0.255 e. The molecular formula is C14H11FINO2. The van der Waals surface area contributed by atoms with Crippen LogP contribution in [0.3, 0.4) is 0 Å². The van der Waals surface area contributed by atoms with Crippen molar-refractivity contribution in [3.63, 3.8) is 0 Å². The number of amides is 1. The number of benzene rings is 2. The van der Waals surface area contributed by atoms with Gasteiger partial charge in [0, 0.05) is 9.13 Å². The third-order valence-electron chi connectivity index (χ3n) is 2.51. The van der Waals surface area contributed by atoms with Crippen molar-refractivity contribution >= 4 is 34.2 Å². The fourth-order valence-electron chi connectivity index (χ4n) is 1.55. The molecule has 0 saturated carbocycles. The Bertz CT molecular complexity index is 616. The highest BCUT2D eigenvalue weighted by Gasteiger charge is 2.09. The van der Waals surface area contributed by atoms with Crippen molar-refractivity contribution in [2.75, 3.05) is 12.4 Å². The molecule has 3 nitrogen and oxygen atoms in total. The molecule has 0 aliphatic heterocycles. The minimum Gasteiger partial charge on any atom is -0.497 e. The molecule has 1 amide bonds. The number of nitrogens with one attached hydrogen (secondary N) is 1. The molecule has 0 bridgehead atoms. The molecule has 2 rings (SSSR count). The summed E-state index contributed by atoms with van der Waals surface area (Å²) in [4.78, 5) is 12.1. The molecule has 0 unspecified atom stereocenters. The van der Waals surface area contributed by atoms with Crippen LogP contribution in [0.5, 0.6) is 5.75 Å². The van der Waals surface area contributed by atoms with Crippen molar-refractivity contribution in [1.29, 1.82) is 0 Å². The average molecular weight is 371 g/mol. The second kappa shape index (κ2) is 6.01. The maximum Gasteiger partial charge on any atom is 0.255 e. The number of ether oxygens (including phenoxy) is 1. The number of rotatable bonds is 3. The first-order chi connectivity index (χ1) is 9.10. The van der Waals surface area contributed by atoms with Crippen molar-refractivity contribution < 1.29 is 13.9 Å². The Morgan fingerprint density at radius 1 is 1.26 bits per heavy atom. The molecule has 2 aromatic rings. The van der Waals surface area contributed by atoms with E-state index in [-0.39, 0.29) is 11.7 Å². The van der Waals surface area contributed by atoms with E-state index in [9.17, 15) is 9.18 Å². The largest absolute Gasteiger partial charge is 0.497 e. The normalized spacial score (nSPS) is 10.1. The standard InChI is InChI=1S/C14H11FINO2/c1-19-11-4-2-3-9(7-11)14(18)17-13-6-5-10(15)8-12(13)16/h2-8H,1H3,(H,17,18). The second-order valence-electron chi connectivity index (χ2n) is 3.81. The van der Waals surface area contributed by atoms with Crippen molar-refractivity contribution in [1.82, 2.24) is 0 Å². The summed E-state index contributed by atoms with van der Waals surface area (Å²) in [5.74, 6) is 0.0219. The van der Waals surface area contributed by atoms with Gasteiger partial charge in [-0.2, -0.15) is 0 Å². The van der Waals surface area contributed by atoms with Crippen molar-refractivity contribution in [3.05, 3.63) is 57.4 Å². The van der Waals surface area contributed by atoms with Gasteiger partial charge in [0.15, 0.2) is 0 Å².